The molecule has 1 aromatic heterocycles. The molecule has 4 rings (SSSR count). The van der Waals surface area contributed by atoms with Gasteiger partial charge >= 0.3 is 0 Å². The Bertz CT molecular complexity index is 1030. The van der Waals surface area contributed by atoms with E-state index in [0.717, 1.165) is 50.1 Å². The highest BCUT2D eigenvalue weighted by atomic mass is 16.5. The second kappa shape index (κ2) is 9.52. The molecule has 0 saturated heterocycles. The molecule has 0 saturated carbocycles. The van der Waals surface area contributed by atoms with Crippen LogP contribution in [0.2, 0.25) is 0 Å². The van der Waals surface area contributed by atoms with Gasteiger partial charge in [-0.2, -0.15) is 5.10 Å². The summed E-state index contributed by atoms with van der Waals surface area (Å²) in [6.45, 7) is 3.04. The van der Waals surface area contributed by atoms with E-state index in [1.54, 1.807) is 11.6 Å². The van der Waals surface area contributed by atoms with Crippen LogP contribution in [0.15, 0.2) is 66.9 Å². The summed E-state index contributed by atoms with van der Waals surface area (Å²) in [5.41, 5.74) is 7.60. The number of hydrogen-bond acceptors (Lipinski definition) is 4. The number of hydrogen-bond donors (Lipinski definition) is 2. The van der Waals surface area contributed by atoms with E-state index in [2.05, 4.69) is 40.3 Å². The zero-order chi connectivity index (χ0) is 20.8. The van der Waals surface area contributed by atoms with E-state index in [-0.39, 0.29) is 0 Å². The second-order valence-electron chi connectivity index (χ2n) is 7.50. The maximum atomic E-state index is 11.2. The van der Waals surface area contributed by atoms with Crippen molar-refractivity contribution in [2.45, 2.75) is 19.3 Å². The largest absolute Gasteiger partial charge is 0.302 e. The third-order valence-electron chi connectivity index (χ3n) is 5.57. The minimum atomic E-state index is -0.522. The summed E-state index contributed by atoms with van der Waals surface area (Å²) in [6.07, 6.45) is 7.89. The minimum Gasteiger partial charge on any atom is -0.302 e. The van der Waals surface area contributed by atoms with E-state index >= 15 is 0 Å². The molecule has 1 aliphatic rings. The summed E-state index contributed by atoms with van der Waals surface area (Å²) >= 11 is 0. The van der Waals surface area contributed by atoms with Crippen LogP contribution in [0.1, 0.15) is 22.4 Å². The Hall–Kier alpha value is -3.22. The van der Waals surface area contributed by atoms with Gasteiger partial charge in [0.1, 0.15) is 0 Å². The lowest BCUT2D eigenvalue weighted by atomic mass is 10.00. The first-order chi connectivity index (χ1) is 14.7. The van der Waals surface area contributed by atoms with Gasteiger partial charge in [-0.25, -0.2) is 10.2 Å². The highest BCUT2D eigenvalue weighted by Crippen LogP contribution is 2.19. The fraction of sp³-hybridized carbons (Fsp3) is 0.250. The van der Waals surface area contributed by atoms with Crippen molar-refractivity contribution in [3.05, 3.63) is 89.3 Å². The molecular weight excluding hydrogens is 376 g/mol. The molecule has 0 bridgehead atoms. The van der Waals surface area contributed by atoms with Crippen LogP contribution in [-0.2, 0) is 24.1 Å². The Morgan fingerprint density at radius 3 is 2.67 bits per heavy atom. The molecule has 1 amide bonds. The Labute approximate surface area is 176 Å². The standard InChI is InChI=1S/C24H26N4O2/c29-24(26-30)9-7-19-6-8-20-11-15-27(16-12-21(20)18-19)17-13-23-10-14-25-28(23)22-4-2-1-3-5-22/h1-10,14,18,30H,11-13,15-17H2,(H,26,29)/b9-7+. The van der Waals surface area contributed by atoms with Crippen LogP contribution in [0.5, 0.6) is 0 Å². The fourth-order valence-electron chi connectivity index (χ4n) is 3.92. The van der Waals surface area contributed by atoms with Gasteiger partial charge in [0, 0.05) is 44.0 Å². The summed E-state index contributed by atoms with van der Waals surface area (Å²) < 4.78 is 2.02. The number of amides is 1. The molecule has 0 atom stereocenters. The number of fused-ring (bicyclic) bond motifs is 1. The Morgan fingerprint density at radius 1 is 1.07 bits per heavy atom. The van der Waals surface area contributed by atoms with Crippen LogP contribution >= 0.6 is 0 Å². The molecule has 2 N–H and O–H groups in total. The number of rotatable bonds is 6. The predicted octanol–water partition coefficient (Wildman–Crippen LogP) is 3.03. The highest BCUT2D eigenvalue weighted by molar-refractivity contribution is 5.90. The van der Waals surface area contributed by atoms with E-state index in [1.807, 2.05) is 35.1 Å². The lowest BCUT2D eigenvalue weighted by molar-refractivity contribution is -0.124. The molecule has 0 radical (unpaired) electrons. The quantitative estimate of drug-likeness (QED) is 0.378. The molecule has 0 unspecified atom stereocenters. The SMILES string of the molecule is O=C(/C=C/c1ccc2c(c1)CCN(CCc1ccnn1-c1ccccc1)CC2)NO. The number of para-hydroxylation sites is 1. The van der Waals surface area contributed by atoms with Crippen LogP contribution < -0.4 is 5.48 Å². The monoisotopic (exact) mass is 402 g/mol. The van der Waals surface area contributed by atoms with Crippen molar-refractivity contribution in [1.82, 2.24) is 20.2 Å². The number of carbonyl (C=O) groups is 1. The van der Waals surface area contributed by atoms with Gasteiger partial charge in [-0.3, -0.25) is 10.0 Å². The number of benzene rings is 2. The fourth-order valence-corrected chi connectivity index (χ4v) is 3.92. The van der Waals surface area contributed by atoms with Crippen LogP contribution in [0.3, 0.4) is 0 Å². The molecule has 2 aromatic carbocycles. The van der Waals surface area contributed by atoms with Crippen LogP contribution in [-0.4, -0.2) is 45.4 Å². The smallest absolute Gasteiger partial charge is 0.267 e. The third-order valence-corrected chi connectivity index (χ3v) is 5.57. The number of hydroxylamine groups is 1. The number of aromatic nitrogens is 2. The Morgan fingerprint density at radius 2 is 1.87 bits per heavy atom. The van der Waals surface area contributed by atoms with E-state index in [1.165, 1.54) is 22.9 Å². The average Bonchev–Trinajstić information content (AvgIpc) is 3.17. The van der Waals surface area contributed by atoms with Crippen LogP contribution in [0.4, 0.5) is 0 Å². The number of nitrogens with one attached hydrogen (secondary N) is 1. The third kappa shape index (κ3) is 4.84. The topological polar surface area (TPSA) is 70.4 Å². The van der Waals surface area contributed by atoms with Crippen molar-refractivity contribution in [2.75, 3.05) is 19.6 Å². The van der Waals surface area contributed by atoms with Gasteiger partial charge in [-0.1, -0.05) is 36.4 Å². The molecule has 6 nitrogen and oxygen atoms in total. The van der Waals surface area contributed by atoms with Gasteiger partial charge in [0.25, 0.3) is 5.91 Å². The van der Waals surface area contributed by atoms with Crippen molar-refractivity contribution in [1.29, 1.82) is 0 Å². The normalized spacial score (nSPS) is 14.4. The summed E-state index contributed by atoms with van der Waals surface area (Å²) in [4.78, 5) is 13.7. The molecule has 30 heavy (non-hydrogen) atoms. The Balaban J connectivity index is 1.38. The van der Waals surface area contributed by atoms with Crippen LogP contribution in [0.25, 0.3) is 11.8 Å². The van der Waals surface area contributed by atoms with E-state index < -0.39 is 5.91 Å². The first-order valence-electron chi connectivity index (χ1n) is 10.3. The van der Waals surface area contributed by atoms with Crippen LogP contribution in [0, 0.1) is 0 Å². The molecule has 0 spiro atoms. The van der Waals surface area contributed by atoms with Crippen molar-refractivity contribution in [2.24, 2.45) is 0 Å². The maximum Gasteiger partial charge on any atom is 0.267 e. The van der Waals surface area contributed by atoms with Gasteiger partial charge in [-0.15, -0.1) is 0 Å². The summed E-state index contributed by atoms with van der Waals surface area (Å²) in [6, 6.07) is 18.7. The van der Waals surface area contributed by atoms with Gasteiger partial charge in [0.2, 0.25) is 0 Å². The highest BCUT2D eigenvalue weighted by Gasteiger charge is 2.15. The molecule has 0 aliphatic carbocycles. The summed E-state index contributed by atoms with van der Waals surface area (Å²) in [7, 11) is 0. The molecular formula is C24H26N4O2. The minimum absolute atomic E-state index is 0.522. The van der Waals surface area contributed by atoms with E-state index in [0.29, 0.717) is 0 Å². The molecule has 154 valence electrons. The van der Waals surface area contributed by atoms with Crippen molar-refractivity contribution in [3.63, 3.8) is 0 Å². The van der Waals surface area contributed by atoms with Gasteiger partial charge in [0.15, 0.2) is 0 Å². The number of nitrogens with zero attached hydrogens (tertiary/aromatic N) is 3. The van der Waals surface area contributed by atoms with Crippen molar-refractivity contribution in [3.8, 4) is 5.69 Å². The molecule has 1 aliphatic heterocycles. The zero-order valence-corrected chi connectivity index (χ0v) is 16.9. The van der Waals surface area contributed by atoms with E-state index in [9.17, 15) is 4.79 Å². The van der Waals surface area contributed by atoms with Crippen molar-refractivity contribution >= 4 is 12.0 Å². The van der Waals surface area contributed by atoms with Gasteiger partial charge < -0.3 is 4.90 Å². The molecule has 6 heteroatoms. The van der Waals surface area contributed by atoms with Gasteiger partial charge in [-0.05, 0) is 53.8 Å². The lowest BCUT2D eigenvalue weighted by Gasteiger charge is -2.19. The molecule has 2 heterocycles. The zero-order valence-electron chi connectivity index (χ0n) is 16.9. The van der Waals surface area contributed by atoms with E-state index in [4.69, 9.17) is 5.21 Å². The molecule has 3 aromatic rings. The molecule has 0 fully saturated rings. The average molecular weight is 402 g/mol. The Kier molecular flexibility index (Phi) is 6.37. The summed E-state index contributed by atoms with van der Waals surface area (Å²) in [5.74, 6) is -0.522. The second-order valence-corrected chi connectivity index (χ2v) is 7.50. The summed E-state index contributed by atoms with van der Waals surface area (Å²) in [5, 5.41) is 13.1. The predicted molar refractivity (Wildman–Crippen MR) is 117 cm³/mol. The van der Waals surface area contributed by atoms with Crippen molar-refractivity contribution < 1.29 is 10.0 Å². The first-order valence-corrected chi connectivity index (χ1v) is 10.3. The number of carbonyl (C=O) groups excluding carboxylic acids is 1. The van der Waals surface area contributed by atoms with Gasteiger partial charge in [0.05, 0.1) is 5.69 Å². The lowest BCUT2D eigenvalue weighted by Crippen LogP contribution is -2.29. The first kappa shape index (κ1) is 20.1. The maximum absolute atomic E-state index is 11.2.